The molecule has 1 aromatic carbocycles. The van der Waals surface area contributed by atoms with Gasteiger partial charge in [-0.2, -0.15) is 0 Å². The van der Waals surface area contributed by atoms with Crippen LogP contribution in [0.1, 0.15) is 43.4 Å². The van der Waals surface area contributed by atoms with Gasteiger partial charge in [-0.1, -0.05) is 37.6 Å². The van der Waals surface area contributed by atoms with Crippen LogP contribution in [0.4, 0.5) is 0 Å². The summed E-state index contributed by atoms with van der Waals surface area (Å²) < 4.78 is 0. The zero-order chi connectivity index (χ0) is 14.7. The van der Waals surface area contributed by atoms with Gasteiger partial charge in [-0.05, 0) is 49.7 Å². The number of nitrogens with zero attached hydrogens (tertiary/aromatic N) is 1. The van der Waals surface area contributed by atoms with Gasteiger partial charge in [-0.15, -0.1) is 0 Å². The van der Waals surface area contributed by atoms with Gasteiger partial charge < -0.3 is 4.90 Å². The Balaban J connectivity index is 2.02. The fourth-order valence-electron chi connectivity index (χ4n) is 3.05. The van der Waals surface area contributed by atoms with E-state index in [9.17, 15) is 4.79 Å². The van der Waals surface area contributed by atoms with Crippen LogP contribution in [0.5, 0.6) is 0 Å². The number of amides is 1. The summed E-state index contributed by atoms with van der Waals surface area (Å²) >= 11 is 0. The molecule has 2 nitrogen and oxygen atoms in total. The van der Waals surface area contributed by atoms with Gasteiger partial charge in [0.05, 0.1) is 6.42 Å². The van der Waals surface area contributed by atoms with Crippen LogP contribution in [0.2, 0.25) is 0 Å². The van der Waals surface area contributed by atoms with Crippen molar-refractivity contribution < 1.29 is 4.79 Å². The number of rotatable bonds is 3. The van der Waals surface area contributed by atoms with E-state index in [1.807, 2.05) is 0 Å². The summed E-state index contributed by atoms with van der Waals surface area (Å²) in [5, 5.41) is 0. The third kappa shape index (κ3) is 3.62. The van der Waals surface area contributed by atoms with E-state index < -0.39 is 0 Å². The standard InChI is InChI=1S/C18H27NO/c1-13(2)16-6-5-9-19(12-16)18(20)11-17-10-14(3)7-8-15(17)4/h7-8,10,13,16H,5-6,9,11-12H2,1-4H3. The van der Waals surface area contributed by atoms with E-state index in [1.165, 1.54) is 23.1 Å². The Morgan fingerprint density at radius 2 is 2.10 bits per heavy atom. The molecule has 1 fully saturated rings. The highest BCUT2D eigenvalue weighted by atomic mass is 16.2. The largest absolute Gasteiger partial charge is 0.342 e. The van der Waals surface area contributed by atoms with E-state index in [4.69, 9.17) is 0 Å². The molecule has 0 aromatic heterocycles. The van der Waals surface area contributed by atoms with Crippen LogP contribution in [-0.4, -0.2) is 23.9 Å². The van der Waals surface area contributed by atoms with Gasteiger partial charge in [0.15, 0.2) is 0 Å². The fraction of sp³-hybridized carbons (Fsp3) is 0.611. The molecule has 0 spiro atoms. The quantitative estimate of drug-likeness (QED) is 0.821. The van der Waals surface area contributed by atoms with Crippen LogP contribution in [0.25, 0.3) is 0 Å². The van der Waals surface area contributed by atoms with Crippen molar-refractivity contribution in [3.05, 3.63) is 34.9 Å². The van der Waals surface area contributed by atoms with Crippen molar-refractivity contribution in [2.75, 3.05) is 13.1 Å². The molecule has 1 unspecified atom stereocenters. The van der Waals surface area contributed by atoms with E-state index in [2.05, 4.69) is 50.8 Å². The Morgan fingerprint density at radius 3 is 2.80 bits per heavy atom. The minimum absolute atomic E-state index is 0.295. The number of hydrogen-bond donors (Lipinski definition) is 0. The van der Waals surface area contributed by atoms with Crippen molar-refractivity contribution in [1.29, 1.82) is 0 Å². The summed E-state index contributed by atoms with van der Waals surface area (Å²) in [5.41, 5.74) is 3.64. The number of benzene rings is 1. The summed E-state index contributed by atoms with van der Waals surface area (Å²) in [4.78, 5) is 14.6. The molecule has 1 heterocycles. The van der Waals surface area contributed by atoms with Crippen molar-refractivity contribution in [3.63, 3.8) is 0 Å². The van der Waals surface area contributed by atoms with Crippen molar-refractivity contribution in [2.24, 2.45) is 11.8 Å². The number of carbonyl (C=O) groups is 1. The Labute approximate surface area is 123 Å². The molecule has 1 aliphatic rings. The van der Waals surface area contributed by atoms with Gasteiger partial charge in [0.2, 0.25) is 5.91 Å². The monoisotopic (exact) mass is 273 g/mol. The van der Waals surface area contributed by atoms with Gasteiger partial charge in [0, 0.05) is 13.1 Å². The minimum Gasteiger partial charge on any atom is -0.342 e. The molecule has 2 heteroatoms. The Kier molecular flexibility index (Phi) is 4.85. The number of carbonyl (C=O) groups excluding carboxylic acids is 1. The lowest BCUT2D eigenvalue weighted by atomic mass is 9.87. The molecule has 0 N–H and O–H groups in total. The molecule has 0 radical (unpaired) electrons. The molecule has 0 aliphatic carbocycles. The average molecular weight is 273 g/mol. The van der Waals surface area contributed by atoms with Crippen molar-refractivity contribution >= 4 is 5.91 Å². The average Bonchev–Trinajstić information content (AvgIpc) is 2.43. The molecule has 1 saturated heterocycles. The van der Waals surface area contributed by atoms with Crippen LogP contribution in [0.15, 0.2) is 18.2 Å². The zero-order valence-corrected chi connectivity index (χ0v) is 13.3. The number of piperidine rings is 1. The predicted octanol–water partition coefficient (Wildman–Crippen LogP) is 3.74. The maximum Gasteiger partial charge on any atom is 0.227 e. The maximum absolute atomic E-state index is 12.5. The van der Waals surface area contributed by atoms with Gasteiger partial charge in [-0.3, -0.25) is 4.79 Å². The van der Waals surface area contributed by atoms with E-state index in [0.29, 0.717) is 24.2 Å². The third-order valence-corrected chi connectivity index (χ3v) is 4.60. The van der Waals surface area contributed by atoms with Crippen LogP contribution < -0.4 is 0 Å². The lowest BCUT2D eigenvalue weighted by Crippen LogP contribution is -2.42. The lowest BCUT2D eigenvalue weighted by Gasteiger charge is -2.35. The van der Waals surface area contributed by atoms with Crippen molar-refractivity contribution in [3.8, 4) is 0 Å². The number of aryl methyl sites for hydroxylation is 2. The summed E-state index contributed by atoms with van der Waals surface area (Å²) in [6.45, 7) is 10.6. The fourth-order valence-corrected chi connectivity index (χ4v) is 3.05. The first kappa shape index (κ1) is 15.1. The predicted molar refractivity (Wildman–Crippen MR) is 83.8 cm³/mol. The van der Waals surface area contributed by atoms with E-state index in [1.54, 1.807) is 0 Å². The van der Waals surface area contributed by atoms with Crippen LogP contribution in [-0.2, 0) is 11.2 Å². The van der Waals surface area contributed by atoms with Gasteiger partial charge in [-0.25, -0.2) is 0 Å². The highest BCUT2D eigenvalue weighted by Gasteiger charge is 2.25. The second-order valence-electron chi connectivity index (χ2n) is 6.59. The van der Waals surface area contributed by atoms with Crippen LogP contribution in [0, 0.1) is 25.7 Å². The van der Waals surface area contributed by atoms with E-state index in [-0.39, 0.29) is 0 Å². The number of hydrogen-bond acceptors (Lipinski definition) is 1. The molecular formula is C18H27NO. The second-order valence-corrected chi connectivity index (χ2v) is 6.59. The van der Waals surface area contributed by atoms with Gasteiger partial charge >= 0.3 is 0 Å². The van der Waals surface area contributed by atoms with Crippen molar-refractivity contribution in [2.45, 2.75) is 47.0 Å². The molecule has 1 aliphatic heterocycles. The van der Waals surface area contributed by atoms with Crippen LogP contribution in [0.3, 0.4) is 0 Å². The molecule has 2 rings (SSSR count). The Morgan fingerprint density at radius 1 is 1.35 bits per heavy atom. The first-order chi connectivity index (χ1) is 9.47. The Bertz CT molecular complexity index is 478. The third-order valence-electron chi connectivity index (χ3n) is 4.60. The van der Waals surface area contributed by atoms with Gasteiger partial charge in [0.1, 0.15) is 0 Å². The highest BCUT2D eigenvalue weighted by molar-refractivity contribution is 5.79. The Hall–Kier alpha value is -1.31. The van der Waals surface area contributed by atoms with E-state index in [0.717, 1.165) is 19.5 Å². The molecule has 0 bridgehead atoms. The summed E-state index contributed by atoms with van der Waals surface area (Å²) in [7, 11) is 0. The molecule has 1 atom stereocenters. The van der Waals surface area contributed by atoms with Crippen molar-refractivity contribution in [1.82, 2.24) is 4.90 Å². The summed E-state index contributed by atoms with van der Waals surface area (Å²) in [6, 6.07) is 6.38. The van der Waals surface area contributed by atoms with Gasteiger partial charge in [0.25, 0.3) is 0 Å². The highest BCUT2D eigenvalue weighted by Crippen LogP contribution is 2.24. The minimum atomic E-state index is 0.295. The smallest absolute Gasteiger partial charge is 0.227 e. The zero-order valence-electron chi connectivity index (χ0n) is 13.3. The summed E-state index contributed by atoms with van der Waals surface area (Å²) in [5.74, 6) is 1.64. The molecule has 0 saturated carbocycles. The number of likely N-dealkylation sites (tertiary alicyclic amines) is 1. The molecule has 20 heavy (non-hydrogen) atoms. The molecular weight excluding hydrogens is 246 g/mol. The SMILES string of the molecule is Cc1ccc(C)c(CC(=O)N2CCCC(C(C)C)C2)c1. The van der Waals surface area contributed by atoms with E-state index >= 15 is 0 Å². The lowest BCUT2D eigenvalue weighted by molar-refractivity contribution is -0.132. The molecule has 1 aromatic rings. The van der Waals surface area contributed by atoms with Crippen LogP contribution >= 0.6 is 0 Å². The maximum atomic E-state index is 12.5. The molecule has 110 valence electrons. The normalized spacial score (nSPS) is 19.4. The first-order valence-corrected chi connectivity index (χ1v) is 7.81. The first-order valence-electron chi connectivity index (χ1n) is 7.81. The topological polar surface area (TPSA) is 20.3 Å². The molecule has 1 amide bonds. The summed E-state index contributed by atoms with van der Waals surface area (Å²) in [6.07, 6.45) is 2.98. The second kappa shape index (κ2) is 6.43.